The second-order valence-corrected chi connectivity index (χ2v) is 10.6. The fourth-order valence-electron chi connectivity index (χ4n) is 5.96. The lowest BCUT2D eigenvalue weighted by atomic mass is 9.96. The fourth-order valence-corrected chi connectivity index (χ4v) is 5.96. The van der Waals surface area contributed by atoms with Crippen LogP contribution in [0.5, 0.6) is 0 Å². The van der Waals surface area contributed by atoms with Gasteiger partial charge in [0.25, 0.3) is 11.8 Å². The van der Waals surface area contributed by atoms with E-state index in [9.17, 15) is 28.0 Å². The number of imide groups is 2. The molecule has 10 heteroatoms. The topological polar surface area (TPSA) is 90.0 Å². The number of halogens is 2. The van der Waals surface area contributed by atoms with Crippen LogP contribution in [0.1, 0.15) is 56.3 Å². The van der Waals surface area contributed by atoms with Crippen molar-refractivity contribution >= 4 is 23.6 Å². The van der Waals surface area contributed by atoms with E-state index in [4.69, 9.17) is 0 Å². The van der Waals surface area contributed by atoms with E-state index >= 15 is 0 Å². The molecule has 0 saturated carbocycles. The van der Waals surface area contributed by atoms with Gasteiger partial charge in [-0.1, -0.05) is 30.3 Å². The number of amides is 4. The minimum Gasteiger partial charge on any atom is -0.297 e. The van der Waals surface area contributed by atoms with Crippen LogP contribution < -0.4 is 5.32 Å². The molecule has 1 atom stereocenters. The molecule has 0 radical (unpaired) electrons. The van der Waals surface area contributed by atoms with Crippen molar-refractivity contribution in [2.24, 2.45) is 0 Å². The largest absolute Gasteiger partial charge is 0.297 e. The zero-order valence-electron chi connectivity index (χ0n) is 22.2. The molecule has 0 spiro atoms. The normalized spacial score (nSPS) is 20.1. The number of nitrogens with zero attached hydrogens (tertiary/aromatic N) is 3. The van der Waals surface area contributed by atoms with Gasteiger partial charge in [0.2, 0.25) is 11.8 Å². The molecule has 41 heavy (non-hydrogen) atoms. The number of carbonyl (C=O) groups excluding carboxylic acids is 4. The quantitative estimate of drug-likeness (QED) is 0.468. The molecule has 6 rings (SSSR count). The van der Waals surface area contributed by atoms with Gasteiger partial charge in [-0.15, -0.1) is 0 Å². The zero-order chi connectivity index (χ0) is 28.7. The van der Waals surface area contributed by atoms with Gasteiger partial charge < -0.3 is 0 Å². The van der Waals surface area contributed by atoms with Gasteiger partial charge in [0.15, 0.2) is 0 Å². The van der Waals surface area contributed by atoms with Crippen molar-refractivity contribution in [1.29, 1.82) is 0 Å². The summed E-state index contributed by atoms with van der Waals surface area (Å²) in [6, 6.07) is 16.8. The first-order valence-corrected chi connectivity index (χ1v) is 13.6. The number of hydrogen-bond donors (Lipinski definition) is 1. The Kier molecular flexibility index (Phi) is 7.19. The van der Waals surface area contributed by atoms with Gasteiger partial charge in [0.05, 0.1) is 17.2 Å². The van der Waals surface area contributed by atoms with Crippen LogP contribution >= 0.6 is 0 Å². The highest BCUT2D eigenvalue weighted by Crippen LogP contribution is 2.31. The first kappa shape index (κ1) is 26.9. The predicted octanol–water partition coefficient (Wildman–Crippen LogP) is 3.27. The molecule has 4 amide bonds. The number of piperazine rings is 1. The smallest absolute Gasteiger partial charge is 0.262 e. The van der Waals surface area contributed by atoms with Gasteiger partial charge in [-0.3, -0.25) is 39.2 Å². The van der Waals surface area contributed by atoms with Gasteiger partial charge in [0, 0.05) is 39.1 Å². The van der Waals surface area contributed by atoms with Crippen LogP contribution in [-0.4, -0.2) is 70.5 Å². The van der Waals surface area contributed by atoms with Gasteiger partial charge in [-0.25, -0.2) is 8.78 Å². The van der Waals surface area contributed by atoms with Crippen LogP contribution in [0.4, 0.5) is 8.78 Å². The summed E-state index contributed by atoms with van der Waals surface area (Å²) in [7, 11) is 0. The van der Waals surface area contributed by atoms with E-state index in [0.29, 0.717) is 19.6 Å². The summed E-state index contributed by atoms with van der Waals surface area (Å²) in [5.74, 6) is -2.71. The molecule has 8 nitrogen and oxygen atoms in total. The maximum atomic E-state index is 13.6. The summed E-state index contributed by atoms with van der Waals surface area (Å²) in [5, 5.41) is 2.21. The summed E-state index contributed by atoms with van der Waals surface area (Å²) >= 11 is 0. The summed E-state index contributed by atoms with van der Waals surface area (Å²) < 4.78 is 27.3. The standard InChI is InChI=1S/C31H28F2N4O4/c32-22-6-2-20(3-7-22)28(21-4-8-23(33)9-5-21)36-15-13-35(14-16-36)18-19-1-10-24-25(17-19)31(41)37(30(24)40)26-11-12-27(38)34-29(26)39/h1-10,17,26,28H,11-16,18H2,(H,34,38,39). The van der Waals surface area contributed by atoms with Gasteiger partial charge >= 0.3 is 0 Å². The molecule has 2 saturated heterocycles. The Morgan fingerprint density at radius 2 is 1.34 bits per heavy atom. The minimum atomic E-state index is -0.994. The Labute approximate surface area is 235 Å². The molecule has 210 valence electrons. The Hall–Kier alpha value is -4.28. The molecule has 3 aromatic carbocycles. The second kappa shape index (κ2) is 10.9. The van der Waals surface area contributed by atoms with Crippen molar-refractivity contribution in [2.45, 2.75) is 31.5 Å². The molecule has 0 bridgehead atoms. The number of carbonyl (C=O) groups is 4. The SMILES string of the molecule is O=C1CCC(N2C(=O)c3ccc(CN4CCN(C(c5ccc(F)cc5)c5ccc(F)cc5)CC4)cc3C2=O)C(=O)N1. The third kappa shape index (κ3) is 5.28. The van der Waals surface area contributed by atoms with E-state index in [2.05, 4.69) is 15.1 Å². The highest BCUT2D eigenvalue weighted by Gasteiger charge is 2.44. The molecule has 1 N–H and O–H groups in total. The summed E-state index contributed by atoms with van der Waals surface area (Å²) in [6.45, 7) is 3.45. The maximum Gasteiger partial charge on any atom is 0.262 e. The highest BCUT2D eigenvalue weighted by molar-refractivity contribution is 6.23. The molecule has 3 aromatic rings. The van der Waals surface area contributed by atoms with E-state index in [0.717, 1.165) is 34.7 Å². The third-order valence-electron chi connectivity index (χ3n) is 8.05. The van der Waals surface area contributed by atoms with Crippen LogP contribution in [0.3, 0.4) is 0 Å². The van der Waals surface area contributed by atoms with E-state index in [1.165, 1.54) is 24.3 Å². The number of fused-ring (bicyclic) bond motifs is 1. The van der Waals surface area contributed by atoms with Crippen LogP contribution in [0, 0.1) is 11.6 Å². The Balaban J connectivity index is 1.14. The van der Waals surface area contributed by atoms with E-state index in [1.807, 2.05) is 6.07 Å². The van der Waals surface area contributed by atoms with Crippen molar-refractivity contribution in [2.75, 3.05) is 26.2 Å². The molecular weight excluding hydrogens is 530 g/mol. The second-order valence-electron chi connectivity index (χ2n) is 10.6. The number of benzene rings is 3. The molecule has 0 aromatic heterocycles. The maximum absolute atomic E-state index is 13.6. The number of rotatable bonds is 6. The Morgan fingerprint density at radius 3 is 1.93 bits per heavy atom. The third-order valence-corrected chi connectivity index (χ3v) is 8.05. The van der Waals surface area contributed by atoms with Crippen molar-refractivity contribution < 1.29 is 28.0 Å². The van der Waals surface area contributed by atoms with Gasteiger partial charge in [-0.05, 0) is 59.5 Å². The van der Waals surface area contributed by atoms with E-state index < -0.39 is 29.7 Å². The van der Waals surface area contributed by atoms with Crippen LogP contribution in [0.15, 0.2) is 66.7 Å². The molecular formula is C31H28F2N4O4. The average molecular weight is 559 g/mol. The van der Waals surface area contributed by atoms with Crippen molar-refractivity contribution in [3.05, 3.63) is 106 Å². The Morgan fingerprint density at radius 1 is 0.756 bits per heavy atom. The van der Waals surface area contributed by atoms with Crippen LogP contribution in [0.25, 0.3) is 0 Å². The molecule has 3 aliphatic heterocycles. The summed E-state index contributed by atoms with van der Waals surface area (Å²) in [6.07, 6.45) is 0.189. The van der Waals surface area contributed by atoms with Crippen molar-refractivity contribution in [3.63, 3.8) is 0 Å². The average Bonchev–Trinajstić information content (AvgIpc) is 3.21. The monoisotopic (exact) mass is 558 g/mol. The van der Waals surface area contributed by atoms with E-state index in [1.54, 1.807) is 36.4 Å². The van der Waals surface area contributed by atoms with Crippen molar-refractivity contribution in [3.8, 4) is 0 Å². The predicted molar refractivity (Wildman–Crippen MR) is 145 cm³/mol. The van der Waals surface area contributed by atoms with Crippen LogP contribution in [0.2, 0.25) is 0 Å². The lowest BCUT2D eigenvalue weighted by Gasteiger charge is -2.40. The lowest BCUT2D eigenvalue weighted by Crippen LogP contribution is -2.54. The summed E-state index contributed by atoms with van der Waals surface area (Å²) in [5.41, 5.74) is 3.25. The van der Waals surface area contributed by atoms with Crippen molar-refractivity contribution in [1.82, 2.24) is 20.0 Å². The van der Waals surface area contributed by atoms with Gasteiger partial charge in [-0.2, -0.15) is 0 Å². The number of piperidine rings is 1. The summed E-state index contributed by atoms with van der Waals surface area (Å²) in [4.78, 5) is 55.5. The zero-order valence-corrected chi connectivity index (χ0v) is 22.2. The lowest BCUT2D eigenvalue weighted by molar-refractivity contribution is -0.136. The highest BCUT2D eigenvalue weighted by atomic mass is 19.1. The molecule has 0 aliphatic carbocycles. The van der Waals surface area contributed by atoms with Gasteiger partial charge in [0.1, 0.15) is 17.7 Å². The molecule has 3 heterocycles. The number of nitrogens with one attached hydrogen (secondary N) is 1. The minimum absolute atomic E-state index is 0.0736. The van der Waals surface area contributed by atoms with Crippen LogP contribution in [-0.2, 0) is 16.1 Å². The molecule has 2 fully saturated rings. The van der Waals surface area contributed by atoms with E-state index in [-0.39, 0.29) is 41.6 Å². The first-order valence-electron chi connectivity index (χ1n) is 13.6. The Bertz CT molecular complexity index is 1470. The number of hydrogen-bond acceptors (Lipinski definition) is 6. The fraction of sp³-hybridized carbons (Fsp3) is 0.290. The molecule has 3 aliphatic rings. The first-order chi connectivity index (χ1) is 19.8. The molecule has 1 unspecified atom stereocenters.